The molecule has 1 unspecified atom stereocenters. The molecule has 5 nitrogen and oxygen atoms in total. The molecular formula is C20H32N4O. The van der Waals surface area contributed by atoms with E-state index in [1.807, 2.05) is 29.3 Å². The maximum atomic E-state index is 13.0. The van der Waals surface area contributed by atoms with Gasteiger partial charge in [0.05, 0.1) is 12.2 Å². The third kappa shape index (κ3) is 4.94. The van der Waals surface area contributed by atoms with Crippen molar-refractivity contribution in [3.8, 4) is 0 Å². The van der Waals surface area contributed by atoms with Crippen molar-refractivity contribution in [2.24, 2.45) is 0 Å². The summed E-state index contributed by atoms with van der Waals surface area (Å²) in [5.41, 5.74) is 0.972. The highest BCUT2D eigenvalue weighted by Gasteiger charge is 2.28. The van der Waals surface area contributed by atoms with Crippen molar-refractivity contribution in [3.63, 3.8) is 0 Å². The lowest BCUT2D eigenvalue weighted by molar-refractivity contribution is 0.146. The van der Waals surface area contributed by atoms with E-state index >= 15 is 0 Å². The summed E-state index contributed by atoms with van der Waals surface area (Å²) in [7, 11) is 0. The number of likely N-dealkylation sites (N-methyl/N-ethyl adjacent to an activating group) is 1. The molecule has 0 bridgehead atoms. The summed E-state index contributed by atoms with van der Waals surface area (Å²) in [6.45, 7) is 5.81. The van der Waals surface area contributed by atoms with E-state index in [2.05, 4.69) is 22.1 Å². The van der Waals surface area contributed by atoms with Crippen LogP contribution < -0.4 is 5.32 Å². The van der Waals surface area contributed by atoms with E-state index in [9.17, 15) is 4.79 Å². The van der Waals surface area contributed by atoms with Crippen LogP contribution in [0.15, 0.2) is 24.4 Å². The monoisotopic (exact) mass is 344 g/mol. The van der Waals surface area contributed by atoms with Gasteiger partial charge < -0.3 is 10.2 Å². The number of nitrogens with zero attached hydrogens (tertiary/aromatic N) is 3. The lowest BCUT2D eigenvalue weighted by Crippen LogP contribution is -2.49. The van der Waals surface area contributed by atoms with Crippen molar-refractivity contribution in [3.05, 3.63) is 30.1 Å². The van der Waals surface area contributed by atoms with Gasteiger partial charge in [0, 0.05) is 24.8 Å². The number of hydrogen-bond acceptors (Lipinski definition) is 3. The zero-order chi connectivity index (χ0) is 17.5. The molecule has 0 radical (unpaired) electrons. The van der Waals surface area contributed by atoms with Crippen LogP contribution in [0.3, 0.4) is 0 Å². The lowest BCUT2D eigenvalue weighted by Gasteiger charge is -2.35. The molecule has 1 aliphatic carbocycles. The molecule has 5 heteroatoms. The van der Waals surface area contributed by atoms with E-state index < -0.39 is 0 Å². The van der Waals surface area contributed by atoms with E-state index in [-0.39, 0.29) is 6.03 Å². The molecule has 1 aromatic heterocycles. The summed E-state index contributed by atoms with van der Waals surface area (Å²) in [6, 6.07) is 6.86. The highest BCUT2D eigenvalue weighted by Crippen LogP contribution is 2.24. The fourth-order valence-corrected chi connectivity index (χ4v) is 4.27. The Bertz CT molecular complexity index is 530. The second-order valence-corrected chi connectivity index (χ2v) is 7.35. The number of likely N-dealkylation sites (tertiary alicyclic amines) is 1. The van der Waals surface area contributed by atoms with Gasteiger partial charge in [-0.25, -0.2) is 4.79 Å². The van der Waals surface area contributed by atoms with Crippen molar-refractivity contribution in [2.45, 2.75) is 70.5 Å². The van der Waals surface area contributed by atoms with Gasteiger partial charge in [0.1, 0.15) is 0 Å². The predicted octanol–water partition coefficient (Wildman–Crippen LogP) is 3.41. The maximum absolute atomic E-state index is 13.0. The molecule has 3 rings (SSSR count). The quantitative estimate of drug-likeness (QED) is 0.860. The molecule has 1 aromatic rings. The van der Waals surface area contributed by atoms with Crippen molar-refractivity contribution in [1.29, 1.82) is 0 Å². The number of carbonyl (C=O) groups excluding carboxylic acids is 1. The van der Waals surface area contributed by atoms with E-state index in [4.69, 9.17) is 0 Å². The van der Waals surface area contributed by atoms with Crippen molar-refractivity contribution >= 4 is 6.03 Å². The number of hydrogen-bond donors (Lipinski definition) is 1. The van der Waals surface area contributed by atoms with Gasteiger partial charge in [-0.15, -0.1) is 0 Å². The molecule has 1 saturated heterocycles. The number of aromatic nitrogens is 1. The van der Waals surface area contributed by atoms with Crippen molar-refractivity contribution in [2.75, 3.05) is 19.6 Å². The van der Waals surface area contributed by atoms with Crippen LogP contribution in [0.4, 0.5) is 4.79 Å². The summed E-state index contributed by atoms with van der Waals surface area (Å²) >= 11 is 0. The molecule has 2 amide bonds. The minimum Gasteiger partial charge on any atom is -0.336 e. The minimum absolute atomic E-state index is 0.0838. The van der Waals surface area contributed by atoms with Crippen molar-refractivity contribution < 1.29 is 4.79 Å². The Balaban J connectivity index is 1.62. The topological polar surface area (TPSA) is 48.5 Å². The van der Waals surface area contributed by atoms with Gasteiger partial charge in [0.2, 0.25) is 0 Å². The SMILES string of the molecule is CCN1CCCC1CNC(=O)N(Cc1ccccn1)C1CCCCC1. The molecule has 25 heavy (non-hydrogen) atoms. The van der Waals surface area contributed by atoms with Gasteiger partial charge >= 0.3 is 6.03 Å². The van der Waals surface area contributed by atoms with E-state index in [0.717, 1.165) is 38.2 Å². The molecule has 1 saturated carbocycles. The molecule has 1 N–H and O–H groups in total. The highest BCUT2D eigenvalue weighted by molar-refractivity contribution is 5.74. The van der Waals surface area contributed by atoms with Gasteiger partial charge in [-0.05, 0) is 50.9 Å². The minimum atomic E-state index is 0.0838. The van der Waals surface area contributed by atoms with Crippen LogP contribution in [0.1, 0.15) is 57.6 Å². The van der Waals surface area contributed by atoms with Crippen LogP contribution in [0.25, 0.3) is 0 Å². The predicted molar refractivity (Wildman–Crippen MR) is 100 cm³/mol. The maximum Gasteiger partial charge on any atom is 0.318 e. The number of nitrogens with one attached hydrogen (secondary N) is 1. The zero-order valence-electron chi connectivity index (χ0n) is 15.5. The molecule has 1 atom stereocenters. The number of urea groups is 1. The van der Waals surface area contributed by atoms with Gasteiger partial charge in [0.25, 0.3) is 0 Å². The molecule has 0 spiro atoms. The van der Waals surface area contributed by atoms with Gasteiger partial charge in [-0.2, -0.15) is 0 Å². The first kappa shape index (κ1) is 18.2. The number of amides is 2. The Morgan fingerprint density at radius 3 is 2.80 bits per heavy atom. The Hall–Kier alpha value is -1.62. The Morgan fingerprint density at radius 2 is 2.08 bits per heavy atom. The zero-order valence-corrected chi connectivity index (χ0v) is 15.5. The van der Waals surface area contributed by atoms with Crippen molar-refractivity contribution in [1.82, 2.24) is 20.1 Å². The molecule has 2 heterocycles. The standard InChI is InChI=1S/C20H32N4O/c1-2-23-14-8-12-19(23)15-22-20(25)24(18-10-4-3-5-11-18)16-17-9-6-7-13-21-17/h6-7,9,13,18-19H,2-5,8,10-12,14-16H2,1H3,(H,22,25). The van der Waals surface area contributed by atoms with E-state index in [1.54, 1.807) is 0 Å². The Kier molecular flexibility index (Phi) is 6.68. The summed E-state index contributed by atoms with van der Waals surface area (Å²) in [5.74, 6) is 0. The normalized spacial score (nSPS) is 22.0. The first-order valence-corrected chi connectivity index (χ1v) is 9.96. The fraction of sp³-hybridized carbons (Fsp3) is 0.700. The lowest BCUT2D eigenvalue weighted by atomic mass is 9.94. The number of pyridine rings is 1. The van der Waals surface area contributed by atoms with Gasteiger partial charge in [0.15, 0.2) is 0 Å². The average Bonchev–Trinajstić information content (AvgIpc) is 3.13. The van der Waals surface area contributed by atoms with Crippen LogP contribution in [-0.4, -0.2) is 52.5 Å². The number of rotatable bonds is 6. The summed E-state index contributed by atoms with van der Waals surface area (Å²) < 4.78 is 0. The van der Waals surface area contributed by atoms with E-state index in [0.29, 0.717) is 18.6 Å². The molecule has 1 aliphatic heterocycles. The average molecular weight is 345 g/mol. The molecular weight excluding hydrogens is 312 g/mol. The Morgan fingerprint density at radius 1 is 1.24 bits per heavy atom. The Labute approximate surface area is 151 Å². The van der Waals surface area contributed by atoms with E-state index in [1.165, 1.54) is 32.1 Å². The second kappa shape index (κ2) is 9.18. The fourth-order valence-electron chi connectivity index (χ4n) is 4.27. The number of carbonyl (C=O) groups is 1. The first-order chi connectivity index (χ1) is 12.3. The summed E-state index contributed by atoms with van der Waals surface area (Å²) in [4.78, 5) is 21.9. The largest absolute Gasteiger partial charge is 0.336 e. The molecule has 138 valence electrons. The summed E-state index contributed by atoms with van der Waals surface area (Å²) in [6.07, 6.45) is 10.2. The van der Waals surface area contributed by atoms with Crippen LogP contribution in [-0.2, 0) is 6.54 Å². The third-order valence-corrected chi connectivity index (χ3v) is 5.73. The van der Waals surface area contributed by atoms with Crippen LogP contribution in [0.2, 0.25) is 0 Å². The van der Waals surface area contributed by atoms with Crippen LogP contribution in [0, 0.1) is 0 Å². The van der Waals surface area contributed by atoms with Crippen LogP contribution in [0.5, 0.6) is 0 Å². The smallest absolute Gasteiger partial charge is 0.318 e. The van der Waals surface area contributed by atoms with Crippen LogP contribution >= 0.6 is 0 Å². The first-order valence-electron chi connectivity index (χ1n) is 9.96. The second-order valence-electron chi connectivity index (χ2n) is 7.35. The summed E-state index contributed by atoms with van der Waals surface area (Å²) in [5, 5.41) is 3.22. The molecule has 2 aliphatic rings. The third-order valence-electron chi connectivity index (χ3n) is 5.73. The van der Waals surface area contributed by atoms with Gasteiger partial charge in [-0.1, -0.05) is 32.3 Å². The molecule has 2 fully saturated rings. The highest BCUT2D eigenvalue weighted by atomic mass is 16.2. The molecule has 0 aromatic carbocycles. The van der Waals surface area contributed by atoms with Gasteiger partial charge in [-0.3, -0.25) is 9.88 Å².